The monoisotopic (exact) mass is 439 g/mol. The number of nitrogens with two attached hydrogens (primary N) is 1. The molecule has 0 atom stereocenters. The topological polar surface area (TPSA) is 136 Å². The molecule has 1 fully saturated rings. The van der Waals surface area contributed by atoms with E-state index in [1.54, 1.807) is 12.1 Å². The number of aromatic hydroxyl groups is 1. The van der Waals surface area contributed by atoms with Crippen LogP contribution >= 0.6 is 0 Å². The number of fused-ring (bicyclic) bond motifs is 1. The average molecular weight is 439 g/mol. The molecule has 32 heavy (non-hydrogen) atoms. The zero-order valence-corrected chi connectivity index (χ0v) is 17.4. The molecule has 2 heterocycles. The second-order valence-corrected chi connectivity index (χ2v) is 7.53. The minimum Gasteiger partial charge on any atom is -0.507 e. The number of carbonyl (C=O) groups is 2. The molecule has 1 aliphatic rings. The minimum atomic E-state index is -0.725. The Labute approximate surface area is 184 Å². The first-order valence-electron chi connectivity index (χ1n) is 10.4. The van der Waals surface area contributed by atoms with Crippen molar-refractivity contribution in [2.45, 2.75) is 18.9 Å². The molecule has 0 saturated carbocycles. The van der Waals surface area contributed by atoms with Gasteiger partial charge in [-0.25, -0.2) is 0 Å². The Balaban J connectivity index is 1.29. The van der Waals surface area contributed by atoms with Gasteiger partial charge in [0.05, 0.1) is 12.1 Å². The van der Waals surface area contributed by atoms with Crippen molar-refractivity contribution in [3.63, 3.8) is 0 Å². The summed E-state index contributed by atoms with van der Waals surface area (Å²) >= 11 is 0. The first-order chi connectivity index (χ1) is 15.5. The van der Waals surface area contributed by atoms with Gasteiger partial charge in [-0.15, -0.1) is 0 Å². The predicted octanol–water partition coefficient (Wildman–Crippen LogP) is 2.18. The lowest BCUT2D eigenvalue weighted by molar-refractivity contribution is 0.0920. The number of primary amides is 1. The number of rotatable bonds is 8. The summed E-state index contributed by atoms with van der Waals surface area (Å²) in [5.41, 5.74) is 5.77. The largest absolute Gasteiger partial charge is 0.507 e. The first-order valence-corrected chi connectivity index (χ1v) is 10.4. The molecule has 2 aromatic carbocycles. The van der Waals surface area contributed by atoms with Crippen molar-refractivity contribution in [1.29, 1.82) is 0 Å². The van der Waals surface area contributed by atoms with E-state index in [0.29, 0.717) is 11.3 Å². The molecule has 0 unspecified atom stereocenters. The molecular weight excluding hydrogens is 414 g/mol. The number of benzene rings is 2. The quantitative estimate of drug-likeness (QED) is 0.395. The Hall–Kier alpha value is -3.72. The van der Waals surface area contributed by atoms with Crippen LogP contribution in [0.4, 0.5) is 0 Å². The highest BCUT2D eigenvalue weighted by atomic mass is 16.5. The molecule has 9 nitrogen and oxygen atoms in total. The average Bonchev–Trinajstić information content (AvgIpc) is 3.21. The van der Waals surface area contributed by atoms with Gasteiger partial charge in [0.2, 0.25) is 0 Å². The van der Waals surface area contributed by atoms with E-state index in [4.69, 9.17) is 19.6 Å². The van der Waals surface area contributed by atoms with Crippen molar-refractivity contribution in [2.24, 2.45) is 5.73 Å². The van der Waals surface area contributed by atoms with Crippen molar-refractivity contribution in [3.05, 3.63) is 53.8 Å². The SMILES string of the molecule is NC(=O)c1ccc(OCCNC(=O)c2cc3cc(OC4CCNCC4)ccc3o2)cc1O. The zero-order valence-electron chi connectivity index (χ0n) is 17.4. The van der Waals surface area contributed by atoms with Crippen LogP contribution in [0.3, 0.4) is 0 Å². The number of amides is 2. The van der Waals surface area contributed by atoms with E-state index in [2.05, 4.69) is 10.6 Å². The fourth-order valence-corrected chi connectivity index (χ4v) is 3.54. The molecule has 0 radical (unpaired) electrons. The van der Waals surface area contributed by atoms with Crippen LogP contribution in [0, 0.1) is 0 Å². The Bertz CT molecular complexity index is 1120. The van der Waals surface area contributed by atoms with Gasteiger partial charge < -0.3 is 35.4 Å². The van der Waals surface area contributed by atoms with Gasteiger partial charge in [0.25, 0.3) is 11.8 Å². The molecule has 1 aromatic heterocycles. The van der Waals surface area contributed by atoms with Crippen LogP contribution in [-0.2, 0) is 0 Å². The summed E-state index contributed by atoms with van der Waals surface area (Å²) in [6.45, 7) is 2.28. The van der Waals surface area contributed by atoms with Gasteiger partial charge in [-0.3, -0.25) is 9.59 Å². The van der Waals surface area contributed by atoms with E-state index in [1.165, 1.54) is 18.2 Å². The molecule has 168 valence electrons. The molecule has 1 aliphatic heterocycles. The molecule has 9 heteroatoms. The van der Waals surface area contributed by atoms with Crippen LogP contribution in [0.15, 0.2) is 46.9 Å². The van der Waals surface area contributed by atoms with Gasteiger partial charge in [0, 0.05) is 11.5 Å². The summed E-state index contributed by atoms with van der Waals surface area (Å²) < 4.78 is 17.2. The van der Waals surface area contributed by atoms with Crippen molar-refractivity contribution < 1.29 is 28.6 Å². The van der Waals surface area contributed by atoms with Crippen molar-refractivity contribution >= 4 is 22.8 Å². The predicted molar refractivity (Wildman–Crippen MR) is 117 cm³/mol. The number of hydrogen-bond acceptors (Lipinski definition) is 7. The van der Waals surface area contributed by atoms with Crippen molar-refractivity contribution in [2.75, 3.05) is 26.2 Å². The molecule has 2 amide bonds. The molecular formula is C23H25N3O6. The smallest absolute Gasteiger partial charge is 0.287 e. The number of nitrogens with one attached hydrogen (secondary N) is 2. The lowest BCUT2D eigenvalue weighted by atomic mass is 10.1. The van der Waals surface area contributed by atoms with Gasteiger partial charge in [0.1, 0.15) is 35.5 Å². The van der Waals surface area contributed by atoms with E-state index in [-0.39, 0.29) is 42.2 Å². The van der Waals surface area contributed by atoms with Crippen LogP contribution < -0.4 is 25.8 Å². The summed E-state index contributed by atoms with van der Waals surface area (Å²) in [7, 11) is 0. The van der Waals surface area contributed by atoms with Gasteiger partial charge in [-0.05, 0) is 62.3 Å². The van der Waals surface area contributed by atoms with E-state index in [0.717, 1.165) is 37.1 Å². The lowest BCUT2D eigenvalue weighted by Crippen LogP contribution is -2.34. The molecule has 0 aliphatic carbocycles. The Morgan fingerprint density at radius 1 is 1.12 bits per heavy atom. The summed E-state index contributed by atoms with van der Waals surface area (Å²) in [4.78, 5) is 23.5. The third-order valence-electron chi connectivity index (χ3n) is 5.19. The third-order valence-corrected chi connectivity index (χ3v) is 5.19. The number of furan rings is 1. The number of hydrogen-bond donors (Lipinski definition) is 4. The van der Waals surface area contributed by atoms with Gasteiger partial charge in [-0.1, -0.05) is 0 Å². The Morgan fingerprint density at radius 2 is 1.91 bits per heavy atom. The Morgan fingerprint density at radius 3 is 2.66 bits per heavy atom. The van der Waals surface area contributed by atoms with E-state index in [9.17, 15) is 14.7 Å². The van der Waals surface area contributed by atoms with E-state index in [1.807, 2.05) is 12.1 Å². The third kappa shape index (κ3) is 5.12. The van der Waals surface area contributed by atoms with Gasteiger partial charge in [-0.2, -0.15) is 0 Å². The summed E-state index contributed by atoms with van der Waals surface area (Å²) in [5.74, 6) is -0.0372. The number of carbonyl (C=O) groups excluding carboxylic acids is 2. The number of phenols is 1. The van der Waals surface area contributed by atoms with Crippen molar-refractivity contribution in [3.8, 4) is 17.2 Å². The van der Waals surface area contributed by atoms with Crippen LogP contribution in [-0.4, -0.2) is 49.3 Å². The summed E-state index contributed by atoms with van der Waals surface area (Å²) in [6.07, 6.45) is 2.12. The highest BCUT2D eigenvalue weighted by Gasteiger charge is 2.16. The van der Waals surface area contributed by atoms with Gasteiger partial charge in [0.15, 0.2) is 5.76 Å². The van der Waals surface area contributed by atoms with E-state index < -0.39 is 5.91 Å². The Kier molecular flexibility index (Phi) is 6.46. The normalized spacial score (nSPS) is 14.2. The fraction of sp³-hybridized carbons (Fsp3) is 0.304. The zero-order chi connectivity index (χ0) is 22.5. The number of ether oxygens (including phenoxy) is 2. The molecule has 4 rings (SSSR count). The van der Waals surface area contributed by atoms with Crippen LogP contribution in [0.5, 0.6) is 17.2 Å². The summed E-state index contributed by atoms with van der Waals surface area (Å²) in [6, 6.07) is 11.4. The molecule has 0 spiro atoms. The first kappa shape index (κ1) is 21.5. The van der Waals surface area contributed by atoms with Crippen LogP contribution in [0.1, 0.15) is 33.8 Å². The summed E-state index contributed by atoms with van der Waals surface area (Å²) in [5, 5.41) is 16.6. The van der Waals surface area contributed by atoms with Gasteiger partial charge >= 0.3 is 0 Å². The highest BCUT2D eigenvalue weighted by Crippen LogP contribution is 2.26. The lowest BCUT2D eigenvalue weighted by Gasteiger charge is -2.23. The minimum absolute atomic E-state index is 0.0137. The van der Waals surface area contributed by atoms with Crippen LogP contribution in [0.25, 0.3) is 11.0 Å². The van der Waals surface area contributed by atoms with Crippen LogP contribution in [0.2, 0.25) is 0 Å². The molecule has 1 saturated heterocycles. The standard InChI is InChI=1S/C23H25N3O6/c24-22(28)18-3-1-16(13-19(18)27)30-10-9-26-23(29)21-12-14-11-17(2-4-20(14)32-21)31-15-5-7-25-8-6-15/h1-4,11-13,15,25,27H,5-10H2,(H2,24,28)(H,26,29). The second-order valence-electron chi connectivity index (χ2n) is 7.53. The maximum atomic E-state index is 12.4. The molecule has 3 aromatic rings. The number of piperidine rings is 1. The highest BCUT2D eigenvalue weighted by molar-refractivity contribution is 5.96. The van der Waals surface area contributed by atoms with Crippen molar-refractivity contribution in [1.82, 2.24) is 10.6 Å². The second kappa shape index (κ2) is 9.61. The maximum absolute atomic E-state index is 12.4. The molecule has 5 N–H and O–H groups in total. The fourth-order valence-electron chi connectivity index (χ4n) is 3.54. The molecule has 0 bridgehead atoms. The maximum Gasteiger partial charge on any atom is 0.287 e. The van der Waals surface area contributed by atoms with E-state index >= 15 is 0 Å².